The zero-order valence-electron chi connectivity index (χ0n) is 18.1. The third kappa shape index (κ3) is 3.99. The van der Waals surface area contributed by atoms with Gasteiger partial charge in [-0.1, -0.05) is 0 Å². The topological polar surface area (TPSA) is 97.6 Å². The van der Waals surface area contributed by atoms with Crippen LogP contribution in [0.15, 0.2) is 22.8 Å². The Morgan fingerprint density at radius 1 is 1.22 bits per heavy atom. The predicted molar refractivity (Wildman–Crippen MR) is 113 cm³/mol. The number of allylic oxidation sites excluding steroid dienone is 2. The van der Waals surface area contributed by atoms with Gasteiger partial charge in [0.2, 0.25) is 5.43 Å². The molecule has 1 aromatic carbocycles. The lowest BCUT2D eigenvalue weighted by molar-refractivity contribution is 0.0544. The molecular weight excluding hydrogens is 422 g/mol. The van der Waals surface area contributed by atoms with E-state index in [4.69, 9.17) is 4.74 Å². The van der Waals surface area contributed by atoms with E-state index in [0.717, 1.165) is 12.3 Å². The highest BCUT2D eigenvalue weighted by Crippen LogP contribution is 2.41. The molecule has 2 aliphatic carbocycles. The fraction of sp³-hybridized carbons (Fsp3) is 0.435. The zero-order chi connectivity index (χ0) is 23.4. The third-order valence-electron chi connectivity index (χ3n) is 5.55. The highest BCUT2D eigenvalue weighted by Gasteiger charge is 2.32. The lowest BCUT2D eigenvalue weighted by atomic mass is 9.99. The minimum Gasteiger partial charge on any atom is -0.477 e. The van der Waals surface area contributed by atoms with Crippen molar-refractivity contribution < 1.29 is 28.2 Å². The predicted octanol–water partition coefficient (Wildman–Crippen LogP) is 4.73. The molecule has 0 saturated heterocycles. The second kappa shape index (κ2) is 7.72. The van der Waals surface area contributed by atoms with Gasteiger partial charge in [0.25, 0.3) is 0 Å². The molecule has 170 valence electrons. The Bertz CT molecular complexity index is 1240. The van der Waals surface area contributed by atoms with Crippen molar-refractivity contribution in [2.24, 2.45) is 0 Å². The van der Waals surface area contributed by atoms with Crippen LogP contribution in [0.4, 0.5) is 13.6 Å². The van der Waals surface area contributed by atoms with Crippen LogP contribution in [0.5, 0.6) is 0 Å². The van der Waals surface area contributed by atoms with Gasteiger partial charge in [-0.3, -0.25) is 10.1 Å². The molecule has 2 aromatic rings. The molecule has 1 amide bonds. The quantitative estimate of drug-likeness (QED) is 0.708. The fourth-order valence-corrected chi connectivity index (χ4v) is 4.10. The van der Waals surface area contributed by atoms with Crippen LogP contribution < -0.4 is 10.7 Å². The number of halogens is 2. The Kier molecular flexibility index (Phi) is 5.30. The molecule has 1 aromatic heterocycles. The van der Waals surface area contributed by atoms with Crippen molar-refractivity contribution in [2.45, 2.75) is 64.5 Å². The van der Waals surface area contributed by atoms with E-state index in [2.05, 4.69) is 5.32 Å². The van der Waals surface area contributed by atoms with Gasteiger partial charge < -0.3 is 14.4 Å². The Morgan fingerprint density at radius 2 is 1.91 bits per heavy atom. The summed E-state index contributed by atoms with van der Waals surface area (Å²) in [7, 11) is 0. The number of benzene rings is 1. The standard InChI is InChI=1S/C23H24F2N2O5/c1-23(2,3)32-22(31)26-16-6-4-5-12(16)17-15(24)9-13-19(18(17)25)27(11-7-8-11)10-14(20(13)28)21(29)30/h9-11H,4-8H2,1-3H3,(H,26,31)(H,29,30). The normalized spacial score (nSPS) is 16.5. The first-order valence-corrected chi connectivity index (χ1v) is 10.5. The minimum atomic E-state index is -1.45. The van der Waals surface area contributed by atoms with Crippen molar-refractivity contribution in [3.8, 4) is 0 Å². The number of alkyl carbamates (subject to hydrolysis) is 1. The molecule has 7 nitrogen and oxygen atoms in total. The lowest BCUT2D eigenvalue weighted by Crippen LogP contribution is -2.32. The monoisotopic (exact) mass is 446 g/mol. The molecule has 0 bridgehead atoms. The van der Waals surface area contributed by atoms with Crippen LogP contribution in [0.3, 0.4) is 0 Å². The van der Waals surface area contributed by atoms with Gasteiger partial charge in [0, 0.05) is 17.9 Å². The molecule has 1 fully saturated rings. The number of carboxylic acid groups (broad SMARTS) is 1. The van der Waals surface area contributed by atoms with E-state index in [1.54, 1.807) is 20.8 Å². The van der Waals surface area contributed by atoms with Gasteiger partial charge in [0.05, 0.1) is 16.5 Å². The molecule has 2 N–H and O–H groups in total. The molecule has 9 heteroatoms. The average molecular weight is 446 g/mol. The first kappa shape index (κ1) is 22.0. The number of amides is 1. The lowest BCUT2D eigenvalue weighted by Gasteiger charge is -2.21. The SMILES string of the molecule is CC(C)(C)OC(=O)NC1=C(c2c(F)cc3c(=O)c(C(=O)O)cn(C4CC4)c3c2F)CCC1. The first-order chi connectivity index (χ1) is 15.0. The van der Waals surface area contributed by atoms with Gasteiger partial charge in [-0.25, -0.2) is 18.4 Å². The van der Waals surface area contributed by atoms with E-state index in [1.165, 1.54) is 4.57 Å². The van der Waals surface area contributed by atoms with Crippen LogP contribution in [-0.4, -0.2) is 27.3 Å². The molecule has 1 heterocycles. The van der Waals surface area contributed by atoms with Gasteiger partial charge in [0.15, 0.2) is 5.82 Å². The molecular formula is C23H24F2N2O5. The Hall–Kier alpha value is -3.23. The summed E-state index contributed by atoms with van der Waals surface area (Å²) in [6, 6.07) is 0.749. The number of aromatic carboxylic acids is 1. The maximum Gasteiger partial charge on any atom is 0.411 e. The third-order valence-corrected chi connectivity index (χ3v) is 5.55. The number of fused-ring (bicyclic) bond motifs is 1. The number of carbonyl (C=O) groups excluding carboxylic acids is 1. The Morgan fingerprint density at radius 3 is 2.50 bits per heavy atom. The zero-order valence-corrected chi connectivity index (χ0v) is 18.1. The van der Waals surface area contributed by atoms with E-state index in [9.17, 15) is 19.5 Å². The number of aromatic nitrogens is 1. The van der Waals surface area contributed by atoms with Gasteiger partial charge in [0.1, 0.15) is 17.0 Å². The van der Waals surface area contributed by atoms with Crippen molar-refractivity contribution in [1.29, 1.82) is 0 Å². The Labute approximate surface area is 182 Å². The molecule has 0 unspecified atom stereocenters. The molecule has 0 radical (unpaired) electrons. The summed E-state index contributed by atoms with van der Waals surface area (Å²) in [6.45, 7) is 5.13. The number of carbonyl (C=O) groups is 2. The summed E-state index contributed by atoms with van der Waals surface area (Å²) in [5.41, 5.74) is -1.92. The van der Waals surface area contributed by atoms with Gasteiger partial charge in [-0.05, 0) is 64.5 Å². The summed E-state index contributed by atoms with van der Waals surface area (Å²) in [5, 5.41) is 11.7. The summed E-state index contributed by atoms with van der Waals surface area (Å²) >= 11 is 0. The van der Waals surface area contributed by atoms with Gasteiger partial charge in [-0.15, -0.1) is 0 Å². The van der Waals surface area contributed by atoms with Crippen LogP contribution in [0.25, 0.3) is 16.5 Å². The van der Waals surface area contributed by atoms with Crippen LogP contribution in [0.1, 0.15) is 74.8 Å². The number of ether oxygens (including phenoxy) is 1. The highest BCUT2D eigenvalue weighted by molar-refractivity contribution is 5.94. The second-order valence-electron chi connectivity index (χ2n) is 9.20. The van der Waals surface area contributed by atoms with Gasteiger partial charge in [-0.2, -0.15) is 0 Å². The fourth-order valence-electron chi connectivity index (χ4n) is 4.10. The van der Waals surface area contributed by atoms with Crippen molar-refractivity contribution in [3.05, 3.63) is 50.9 Å². The number of hydrogen-bond acceptors (Lipinski definition) is 4. The number of nitrogens with one attached hydrogen (secondary N) is 1. The summed E-state index contributed by atoms with van der Waals surface area (Å²) in [5.74, 6) is -3.35. The Balaban J connectivity index is 1.89. The molecule has 0 aliphatic heterocycles. The number of pyridine rings is 1. The molecule has 1 saturated carbocycles. The summed E-state index contributed by atoms with van der Waals surface area (Å²) in [6.07, 6.45) is 3.18. The van der Waals surface area contributed by atoms with Crippen molar-refractivity contribution >= 4 is 28.5 Å². The van der Waals surface area contributed by atoms with Crippen LogP contribution in [-0.2, 0) is 4.74 Å². The largest absolute Gasteiger partial charge is 0.477 e. The molecule has 4 rings (SSSR count). The van der Waals surface area contributed by atoms with Crippen molar-refractivity contribution in [3.63, 3.8) is 0 Å². The van der Waals surface area contributed by atoms with E-state index in [0.29, 0.717) is 43.4 Å². The maximum absolute atomic E-state index is 15.8. The number of rotatable bonds is 4. The van der Waals surface area contributed by atoms with E-state index >= 15 is 8.78 Å². The van der Waals surface area contributed by atoms with Crippen LogP contribution in [0, 0.1) is 11.6 Å². The van der Waals surface area contributed by atoms with E-state index < -0.39 is 40.3 Å². The number of hydrogen-bond donors (Lipinski definition) is 2. The van der Waals surface area contributed by atoms with Crippen LogP contribution >= 0.6 is 0 Å². The average Bonchev–Trinajstić information content (AvgIpc) is 3.42. The molecule has 32 heavy (non-hydrogen) atoms. The summed E-state index contributed by atoms with van der Waals surface area (Å²) < 4.78 is 37.6. The first-order valence-electron chi connectivity index (χ1n) is 10.5. The second-order valence-corrected chi connectivity index (χ2v) is 9.20. The van der Waals surface area contributed by atoms with Crippen LogP contribution in [0.2, 0.25) is 0 Å². The number of nitrogens with zero attached hydrogens (tertiary/aromatic N) is 1. The maximum atomic E-state index is 15.8. The molecule has 0 spiro atoms. The minimum absolute atomic E-state index is 0.116. The van der Waals surface area contributed by atoms with E-state index in [-0.39, 0.29) is 22.5 Å². The molecule has 0 atom stereocenters. The number of carboxylic acids is 1. The molecule has 2 aliphatic rings. The smallest absolute Gasteiger partial charge is 0.411 e. The van der Waals surface area contributed by atoms with Gasteiger partial charge >= 0.3 is 12.1 Å². The van der Waals surface area contributed by atoms with Crippen molar-refractivity contribution in [1.82, 2.24) is 9.88 Å². The van der Waals surface area contributed by atoms with Crippen molar-refractivity contribution in [2.75, 3.05) is 0 Å². The van der Waals surface area contributed by atoms with E-state index in [1.807, 2.05) is 0 Å². The highest BCUT2D eigenvalue weighted by atomic mass is 19.1. The summed E-state index contributed by atoms with van der Waals surface area (Å²) in [4.78, 5) is 36.3.